The van der Waals surface area contributed by atoms with Crippen LogP contribution in [0.1, 0.15) is 33.1 Å². The molecule has 1 aliphatic heterocycles. The van der Waals surface area contributed by atoms with Gasteiger partial charge in [0.2, 0.25) is 11.1 Å². The number of aryl methyl sites for hydroxylation is 2. The van der Waals surface area contributed by atoms with Gasteiger partial charge in [-0.25, -0.2) is 9.47 Å². The summed E-state index contributed by atoms with van der Waals surface area (Å²) in [5, 5.41) is 11.9. The van der Waals surface area contributed by atoms with Gasteiger partial charge in [-0.15, -0.1) is 10.2 Å². The van der Waals surface area contributed by atoms with E-state index in [9.17, 15) is 9.59 Å². The molecule has 3 aromatic carbocycles. The Morgan fingerprint density at radius 2 is 1.64 bits per heavy atom. The normalized spacial score (nSPS) is 16.5. The summed E-state index contributed by atoms with van der Waals surface area (Å²) < 4.78 is 6.65. The number of methoxy groups -OCH3 is 1. The molecule has 0 unspecified atom stereocenters. The molecule has 1 amide bonds. The Morgan fingerprint density at radius 1 is 0.944 bits per heavy atom. The fourth-order valence-electron chi connectivity index (χ4n) is 4.23. The number of ether oxygens (including phenoxy) is 1. The molecule has 182 valence electrons. The first kappa shape index (κ1) is 23.6. The Hall–Kier alpha value is -4.11. The van der Waals surface area contributed by atoms with Crippen molar-refractivity contribution in [1.82, 2.24) is 14.9 Å². The lowest BCUT2D eigenvalue weighted by atomic mass is 10.0. The van der Waals surface area contributed by atoms with Gasteiger partial charge in [0.15, 0.2) is 5.82 Å². The number of carbonyl (C=O) groups excluding carboxylic acids is 2. The fourth-order valence-corrected chi connectivity index (χ4v) is 5.31. The summed E-state index contributed by atoms with van der Waals surface area (Å²) in [6.07, 6.45) is 0. The van der Waals surface area contributed by atoms with Gasteiger partial charge < -0.3 is 15.5 Å². The van der Waals surface area contributed by atoms with Crippen molar-refractivity contribution in [1.29, 1.82) is 0 Å². The van der Waals surface area contributed by atoms with Crippen LogP contribution in [0.25, 0.3) is 11.4 Å². The van der Waals surface area contributed by atoms with E-state index in [0.29, 0.717) is 16.5 Å². The average molecular weight is 500 g/mol. The van der Waals surface area contributed by atoms with Crippen LogP contribution in [0.3, 0.4) is 0 Å². The van der Waals surface area contributed by atoms with Crippen LogP contribution in [0, 0.1) is 13.8 Å². The topological polar surface area (TPSA) is 98.1 Å². The van der Waals surface area contributed by atoms with Gasteiger partial charge in [-0.1, -0.05) is 72.4 Å². The molecule has 2 atom stereocenters. The van der Waals surface area contributed by atoms with Crippen molar-refractivity contribution in [2.45, 2.75) is 30.3 Å². The van der Waals surface area contributed by atoms with Crippen LogP contribution in [0.15, 0.2) is 78.0 Å². The van der Waals surface area contributed by atoms with Crippen LogP contribution in [-0.4, -0.2) is 39.1 Å². The molecule has 0 radical (unpaired) electrons. The maximum Gasteiger partial charge on any atom is 0.337 e. The number of nitrogens with zero attached hydrogens (tertiary/aromatic N) is 3. The zero-order valence-corrected chi connectivity index (χ0v) is 20.9. The number of carbonyl (C=O) groups is 2. The number of hydrogen-bond acceptors (Lipinski definition) is 7. The van der Waals surface area contributed by atoms with Crippen LogP contribution >= 0.6 is 11.8 Å². The van der Waals surface area contributed by atoms with Crippen molar-refractivity contribution in [3.63, 3.8) is 0 Å². The van der Waals surface area contributed by atoms with E-state index in [2.05, 4.69) is 20.9 Å². The maximum absolute atomic E-state index is 13.7. The van der Waals surface area contributed by atoms with Gasteiger partial charge in [-0.2, -0.15) is 0 Å². The second-order valence-corrected chi connectivity index (χ2v) is 9.63. The number of anilines is 1. The number of aromatic nitrogens is 3. The van der Waals surface area contributed by atoms with E-state index in [1.54, 1.807) is 12.1 Å². The van der Waals surface area contributed by atoms with Crippen molar-refractivity contribution in [3.8, 4) is 11.4 Å². The Balaban J connectivity index is 1.53. The van der Waals surface area contributed by atoms with E-state index >= 15 is 0 Å². The number of fused-ring (bicyclic) bond motifs is 1. The summed E-state index contributed by atoms with van der Waals surface area (Å²) in [6.45, 7) is 3.95. The minimum absolute atomic E-state index is 0.151. The minimum Gasteiger partial charge on any atom is -0.465 e. The number of nitrogens with one attached hydrogen (secondary N) is 2. The van der Waals surface area contributed by atoms with Crippen LogP contribution in [0.4, 0.5) is 5.69 Å². The highest BCUT2D eigenvalue weighted by Gasteiger charge is 2.38. The highest BCUT2D eigenvalue weighted by atomic mass is 32.2. The van der Waals surface area contributed by atoms with E-state index in [0.717, 1.165) is 27.9 Å². The van der Waals surface area contributed by atoms with Gasteiger partial charge >= 0.3 is 5.97 Å². The average Bonchev–Trinajstić information content (AvgIpc) is 3.33. The van der Waals surface area contributed by atoms with Crippen LogP contribution < -0.4 is 10.7 Å². The summed E-state index contributed by atoms with van der Waals surface area (Å²) in [5.74, 6) is 0.0923. The molecule has 1 aliphatic rings. The second kappa shape index (κ2) is 9.87. The molecule has 2 heterocycles. The number of rotatable bonds is 5. The lowest BCUT2D eigenvalue weighted by Gasteiger charge is -2.33. The largest absolute Gasteiger partial charge is 0.465 e. The fraction of sp³-hybridized carbons (Fsp3) is 0.185. The smallest absolute Gasteiger partial charge is 0.337 e. The number of amides is 1. The monoisotopic (exact) mass is 499 g/mol. The first-order chi connectivity index (χ1) is 17.5. The lowest BCUT2D eigenvalue weighted by Crippen LogP contribution is -2.41. The van der Waals surface area contributed by atoms with Crippen molar-refractivity contribution >= 4 is 29.3 Å². The molecule has 8 nitrogen and oxygen atoms in total. The molecule has 1 aromatic heterocycles. The van der Waals surface area contributed by atoms with Crippen molar-refractivity contribution in [3.05, 3.63) is 95.1 Å². The number of hydrogen-bond donors (Lipinski definition) is 2. The van der Waals surface area contributed by atoms with Gasteiger partial charge in [0.05, 0.1) is 18.7 Å². The summed E-state index contributed by atoms with van der Waals surface area (Å²) in [4.78, 5) is 25.6. The Kier molecular flexibility index (Phi) is 6.47. The third-order valence-corrected chi connectivity index (χ3v) is 7.36. The van der Waals surface area contributed by atoms with Gasteiger partial charge in [-0.05, 0) is 42.7 Å². The number of esters is 1. The van der Waals surface area contributed by atoms with Crippen molar-refractivity contribution < 1.29 is 14.3 Å². The highest BCUT2D eigenvalue weighted by molar-refractivity contribution is 8.00. The number of thioether (sulfide) groups is 1. The summed E-state index contributed by atoms with van der Waals surface area (Å²) in [7, 11) is 1.35. The van der Waals surface area contributed by atoms with Crippen LogP contribution in [-0.2, 0) is 9.53 Å². The summed E-state index contributed by atoms with van der Waals surface area (Å²) in [5.41, 5.74) is 8.44. The molecule has 4 aromatic rings. The van der Waals surface area contributed by atoms with Crippen LogP contribution in [0.2, 0.25) is 0 Å². The molecular formula is C27H25N5O3S. The Labute approximate surface area is 213 Å². The van der Waals surface area contributed by atoms with Crippen molar-refractivity contribution in [2.24, 2.45) is 0 Å². The van der Waals surface area contributed by atoms with E-state index in [1.165, 1.54) is 18.9 Å². The zero-order valence-electron chi connectivity index (χ0n) is 20.1. The minimum atomic E-state index is -0.548. The molecule has 36 heavy (non-hydrogen) atoms. The van der Waals surface area contributed by atoms with E-state index in [-0.39, 0.29) is 5.91 Å². The number of para-hydroxylation sites is 1. The Bertz CT molecular complexity index is 1400. The standard InChI is InChI=1S/C27H25N5O3S/c1-16-8-7-9-17(2)21(16)28-25(33)23-22(18-12-14-20(15-13-18)26(34)35-3)31-32-24(29-30-27(32)36-23)19-10-5-4-6-11-19/h4-15,22-23,31H,1-3H3,(H,28,33)/t22-,23+/m0/s1. The number of benzene rings is 3. The summed E-state index contributed by atoms with van der Waals surface area (Å²) >= 11 is 1.35. The summed E-state index contributed by atoms with van der Waals surface area (Å²) in [6, 6.07) is 22.3. The maximum atomic E-state index is 13.7. The lowest BCUT2D eigenvalue weighted by molar-refractivity contribution is -0.116. The van der Waals surface area contributed by atoms with Crippen LogP contribution in [0.5, 0.6) is 0 Å². The van der Waals surface area contributed by atoms with E-state index in [1.807, 2.05) is 79.2 Å². The molecule has 0 spiro atoms. The van der Waals surface area contributed by atoms with Crippen molar-refractivity contribution in [2.75, 3.05) is 17.9 Å². The molecule has 0 aliphatic carbocycles. The predicted octanol–water partition coefficient (Wildman–Crippen LogP) is 4.75. The SMILES string of the molecule is COC(=O)c1ccc([C@@H]2Nn3c(nnc3-c3ccccc3)S[C@H]2C(=O)Nc2c(C)cccc2C)cc1. The Morgan fingerprint density at radius 3 is 2.31 bits per heavy atom. The third kappa shape index (κ3) is 4.45. The predicted molar refractivity (Wildman–Crippen MR) is 140 cm³/mol. The highest BCUT2D eigenvalue weighted by Crippen LogP contribution is 2.39. The van der Waals surface area contributed by atoms with E-state index < -0.39 is 17.3 Å². The van der Waals surface area contributed by atoms with Gasteiger partial charge in [0, 0.05) is 11.3 Å². The molecule has 0 saturated carbocycles. The molecular weight excluding hydrogens is 474 g/mol. The molecule has 0 bridgehead atoms. The molecule has 0 saturated heterocycles. The molecule has 9 heteroatoms. The molecule has 5 rings (SSSR count). The van der Waals surface area contributed by atoms with Gasteiger partial charge in [0.25, 0.3) is 0 Å². The first-order valence-electron chi connectivity index (χ1n) is 11.5. The van der Waals surface area contributed by atoms with E-state index in [4.69, 9.17) is 4.74 Å². The molecule has 2 N–H and O–H groups in total. The first-order valence-corrected chi connectivity index (χ1v) is 12.3. The second-order valence-electron chi connectivity index (χ2n) is 8.52. The zero-order chi connectivity index (χ0) is 25.2. The van der Waals surface area contributed by atoms with Gasteiger partial charge in [-0.3, -0.25) is 4.79 Å². The third-order valence-electron chi connectivity index (χ3n) is 6.15. The molecule has 0 fully saturated rings. The van der Waals surface area contributed by atoms with Gasteiger partial charge in [0.1, 0.15) is 5.25 Å². The quantitative estimate of drug-likeness (QED) is 0.383.